The quantitative estimate of drug-likeness (QED) is 0.748. The van der Waals surface area contributed by atoms with Crippen LogP contribution in [0.15, 0.2) is 47.4 Å². The molecule has 0 bridgehead atoms. The monoisotopic (exact) mass is 355 g/mol. The predicted molar refractivity (Wildman–Crippen MR) is 106 cm³/mol. The zero-order valence-corrected chi connectivity index (χ0v) is 16.4. The van der Waals surface area contributed by atoms with Crippen molar-refractivity contribution >= 4 is 0 Å². The van der Waals surface area contributed by atoms with Gasteiger partial charge in [-0.15, -0.1) is 0 Å². The van der Waals surface area contributed by atoms with Crippen LogP contribution in [0, 0.1) is 11.8 Å². The lowest BCUT2D eigenvalue weighted by atomic mass is 9.91. The Morgan fingerprint density at radius 2 is 2.15 bits per heavy atom. The predicted octanol–water partition coefficient (Wildman–Crippen LogP) is 4.65. The number of piperidine rings is 1. The van der Waals surface area contributed by atoms with Crippen molar-refractivity contribution < 1.29 is 4.42 Å². The Morgan fingerprint density at radius 1 is 1.27 bits per heavy atom. The van der Waals surface area contributed by atoms with Crippen LogP contribution in [0.5, 0.6) is 0 Å². The van der Waals surface area contributed by atoms with E-state index in [1.165, 1.54) is 24.1 Å². The zero-order chi connectivity index (χ0) is 18.4. The van der Waals surface area contributed by atoms with Gasteiger partial charge in [0.25, 0.3) is 0 Å². The lowest BCUT2D eigenvalue weighted by molar-refractivity contribution is 0.131. The van der Waals surface area contributed by atoms with Crippen LogP contribution in [0.3, 0.4) is 0 Å². The van der Waals surface area contributed by atoms with Crippen LogP contribution in [0.4, 0.5) is 0 Å². The average molecular weight is 356 g/mol. The Hall–Kier alpha value is -1.65. The van der Waals surface area contributed by atoms with Gasteiger partial charge in [0.05, 0.1) is 18.2 Å². The Kier molecular flexibility index (Phi) is 6.86. The summed E-state index contributed by atoms with van der Waals surface area (Å²) in [5, 5.41) is 3.95. The molecule has 0 spiro atoms. The normalized spacial score (nSPS) is 22.6. The van der Waals surface area contributed by atoms with E-state index in [0.29, 0.717) is 18.0 Å². The first kappa shape index (κ1) is 19.1. The summed E-state index contributed by atoms with van der Waals surface area (Å²) in [4.78, 5) is 7.01. The molecule has 1 aliphatic rings. The summed E-state index contributed by atoms with van der Waals surface area (Å²) in [6, 6.07) is 9.24. The molecule has 1 saturated heterocycles. The van der Waals surface area contributed by atoms with Gasteiger partial charge < -0.3 is 9.73 Å². The summed E-state index contributed by atoms with van der Waals surface area (Å²) in [6.45, 7) is 10.2. The maximum Gasteiger partial charge on any atom is 0.0950 e. The molecule has 142 valence electrons. The molecule has 4 nitrogen and oxygen atoms in total. The van der Waals surface area contributed by atoms with E-state index in [9.17, 15) is 0 Å². The van der Waals surface area contributed by atoms with E-state index in [0.717, 1.165) is 32.0 Å². The second-order valence-electron chi connectivity index (χ2n) is 8.18. The Bertz CT molecular complexity index is 626. The number of aromatic nitrogens is 1. The highest BCUT2D eigenvalue weighted by Crippen LogP contribution is 2.26. The number of likely N-dealkylation sites (tertiary alicyclic amines) is 1. The molecule has 2 aromatic rings. The van der Waals surface area contributed by atoms with Crippen molar-refractivity contribution in [2.24, 2.45) is 11.8 Å². The lowest BCUT2D eigenvalue weighted by Crippen LogP contribution is -2.49. The maximum atomic E-state index is 5.35. The highest BCUT2D eigenvalue weighted by Gasteiger charge is 2.28. The number of rotatable bonds is 8. The van der Waals surface area contributed by atoms with Crippen molar-refractivity contribution in [3.8, 4) is 0 Å². The molecule has 3 atom stereocenters. The van der Waals surface area contributed by atoms with Crippen molar-refractivity contribution in [1.82, 2.24) is 15.2 Å². The fraction of sp³-hybridized carbons (Fsp3) is 0.591. The standard InChI is InChI=1S/C22H33N3O/c1-17(2)7-8-22(19-10-13-26-16-19)24-21-9-12-25(14-18(21)3)15-20-6-4-5-11-23-20/h4-6,10-11,13,16-18,21-22,24H,7-9,12,14-15H2,1-3H3/t18-,21-,22+/m1/s1. The van der Waals surface area contributed by atoms with Gasteiger partial charge in [0.2, 0.25) is 0 Å². The SMILES string of the molecule is CC(C)CC[C@H](N[C@@H]1CCN(Cc2ccccn2)C[C@H]1C)c1ccoc1. The van der Waals surface area contributed by atoms with Gasteiger partial charge in [0.1, 0.15) is 0 Å². The summed E-state index contributed by atoms with van der Waals surface area (Å²) in [5.74, 6) is 1.35. The summed E-state index contributed by atoms with van der Waals surface area (Å²) in [6.07, 6.45) is 9.16. The minimum atomic E-state index is 0.394. The molecule has 2 aromatic heterocycles. The van der Waals surface area contributed by atoms with Gasteiger partial charge in [-0.1, -0.05) is 26.8 Å². The molecule has 0 radical (unpaired) electrons. The minimum Gasteiger partial charge on any atom is -0.472 e. The van der Waals surface area contributed by atoms with E-state index in [1.54, 1.807) is 6.26 Å². The van der Waals surface area contributed by atoms with Gasteiger partial charge in [-0.25, -0.2) is 0 Å². The third-order valence-electron chi connectivity index (χ3n) is 5.49. The second-order valence-corrected chi connectivity index (χ2v) is 8.18. The van der Waals surface area contributed by atoms with Gasteiger partial charge in [-0.3, -0.25) is 9.88 Å². The van der Waals surface area contributed by atoms with E-state index in [2.05, 4.69) is 54.2 Å². The van der Waals surface area contributed by atoms with Crippen LogP contribution in [0.25, 0.3) is 0 Å². The number of furan rings is 1. The van der Waals surface area contributed by atoms with Gasteiger partial charge in [-0.2, -0.15) is 0 Å². The minimum absolute atomic E-state index is 0.394. The van der Waals surface area contributed by atoms with E-state index in [-0.39, 0.29) is 0 Å². The summed E-state index contributed by atoms with van der Waals surface area (Å²) in [5.41, 5.74) is 2.45. The number of pyridine rings is 1. The molecule has 1 fully saturated rings. The molecule has 3 heterocycles. The van der Waals surface area contributed by atoms with E-state index in [1.807, 2.05) is 18.5 Å². The first-order valence-corrected chi connectivity index (χ1v) is 10.0. The first-order valence-electron chi connectivity index (χ1n) is 10.0. The van der Waals surface area contributed by atoms with Crippen molar-refractivity contribution in [3.63, 3.8) is 0 Å². The molecule has 0 amide bonds. The second kappa shape index (κ2) is 9.33. The largest absolute Gasteiger partial charge is 0.472 e. The summed E-state index contributed by atoms with van der Waals surface area (Å²) in [7, 11) is 0. The molecule has 0 unspecified atom stereocenters. The van der Waals surface area contributed by atoms with Crippen LogP contribution >= 0.6 is 0 Å². The summed E-state index contributed by atoms with van der Waals surface area (Å²) < 4.78 is 5.35. The van der Waals surface area contributed by atoms with Crippen molar-refractivity contribution in [3.05, 3.63) is 54.2 Å². The maximum absolute atomic E-state index is 5.35. The molecule has 1 aliphatic heterocycles. The lowest BCUT2D eigenvalue weighted by Gasteiger charge is -2.39. The van der Waals surface area contributed by atoms with Crippen LogP contribution < -0.4 is 5.32 Å². The topological polar surface area (TPSA) is 41.3 Å². The average Bonchev–Trinajstić information content (AvgIpc) is 3.15. The first-order chi connectivity index (χ1) is 12.6. The van der Waals surface area contributed by atoms with Gasteiger partial charge in [-0.05, 0) is 49.3 Å². The fourth-order valence-electron chi connectivity index (χ4n) is 3.92. The van der Waals surface area contributed by atoms with Gasteiger partial charge >= 0.3 is 0 Å². The van der Waals surface area contributed by atoms with Crippen LogP contribution in [-0.2, 0) is 6.54 Å². The summed E-state index contributed by atoms with van der Waals surface area (Å²) >= 11 is 0. The molecule has 0 aromatic carbocycles. The van der Waals surface area contributed by atoms with E-state index >= 15 is 0 Å². The molecule has 4 heteroatoms. The molecule has 0 saturated carbocycles. The van der Waals surface area contributed by atoms with Crippen LogP contribution in [0.1, 0.15) is 57.3 Å². The van der Waals surface area contributed by atoms with E-state index in [4.69, 9.17) is 4.42 Å². The number of hydrogen-bond acceptors (Lipinski definition) is 4. The van der Waals surface area contributed by atoms with Crippen LogP contribution in [-0.4, -0.2) is 29.0 Å². The zero-order valence-electron chi connectivity index (χ0n) is 16.4. The number of nitrogens with one attached hydrogen (secondary N) is 1. The number of hydrogen-bond donors (Lipinski definition) is 1. The molecule has 0 aliphatic carbocycles. The van der Waals surface area contributed by atoms with Crippen molar-refractivity contribution in [1.29, 1.82) is 0 Å². The number of nitrogens with zero attached hydrogens (tertiary/aromatic N) is 2. The molecule has 3 rings (SSSR count). The fourth-order valence-corrected chi connectivity index (χ4v) is 3.92. The highest BCUT2D eigenvalue weighted by molar-refractivity contribution is 5.12. The third kappa shape index (κ3) is 5.42. The molecule has 1 N–H and O–H groups in total. The molecular weight excluding hydrogens is 322 g/mol. The van der Waals surface area contributed by atoms with Gasteiger partial charge in [0.15, 0.2) is 0 Å². The molecular formula is C22H33N3O. The Labute approximate surface area is 158 Å². The van der Waals surface area contributed by atoms with E-state index < -0.39 is 0 Å². The Morgan fingerprint density at radius 3 is 2.81 bits per heavy atom. The molecule has 26 heavy (non-hydrogen) atoms. The Balaban J connectivity index is 1.55. The van der Waals surface area contributed by atoms with Gasteiger partial charge in [0, 0.05) is 43.5 Å². The van der Waals surface area contributed by atoms with Crippen LogP contribution in [0.2, 0.25) is 0 Å². The highest BCUT2D eigenvalue weighted by atomic mass is 16.3. The smallest absolute Gasteiger partial charge is 0.0950 e. The third-order valence-corrected chi connectivity index (χ3v) is 5.49. The van der Waals surface area contributed by atoms with Crippen molar-refractivity contribution in [2.45, 2.75) is 58.7 Å². The van der Waals surface area contributed by atoms with Crippen molar-refractivity contribution in [2.75, 3.05) is 13.1 Å².